The molecule has 0 spiro atoms. The number of fused-ring (bicyclic) bond motifs is 5. The number of hydrogen-bond donors (Lipinski definition) is 4. The van der Waals surface area contributed by atoms with Crippen molar-refractivity contribution in [2.45, 2.75) is 122 Å². The lowest BCUT2D eigenvalue weighted by Crippen LogP contribution is -2.51. The van der Waals surface area contributed by atoms with E-state index in [-0.39, 0.29) is 35.7 Å². The predicted molar refractivity (Wildman–Crippen MR) is 265 cm³/mol. The number of imidazole rings is 2. The summed E-state index contributed by atoms with van der Waals surface area (Å²) in [4.78, 5) is 78.5. The van der Waals surface area contributed by atoms with Gasteiger partial charge in [-0.1, -0.05) is 46.6 Å². The fourth-order valence-electron chi connectivity index (χ4n) is 11.0. The Bertz CT molecular complexity index is 2950. The highest BCUT2D eigenvalue weighted by atomic mass is 32.1. The van der Waals surface area contributed by atoms with E-state index in [4.69, 9.17) is 29.2 Å². The van der Waals surface area contributed by atoms with Crippen LogP contribution in [-0.4, -0.2) is 103 Å². The molecule has 1 unspecified atom stereocenters. The molecule has 17 nitrogen and oxygen atoms in total. The van der Waals surface area contributed by atoms with Crippen LogP contribution in [0.15, 0.2) is 55.0 Å². The Labute approximate surface area is 411 Å². The number of likely N-dealkylation sites (tertiary alicyclic amines) is 2. The Kier molecular flexibility index (Phi) is 12.9. The maximum Gasteiger partial charge on any atom is 0.407 e. The molecule has 70 heavy (non-hydrogen) atoms. The summed E-state index contributed by atoms with van der Waals surface area (Å²) >= 11 is 1.74. The first-order valence-electron chi connectivity index (χ1n) is 24.6. The highest BCUT2D eigenvalue weighted by Gasteiger charge is 2.40. The van der Waals surface area contributed by atoms with Gasteiger partial charge in [-0.25, -0.2) is 24.5 Å². The molecule has 6 aromatic rings. The molecule has 7 heterocycles. The number of methoxy groups -OCH3 is 2. The van der Waals surface area contributed by atoms with Crippen LogP contribution in [0.25, 0.3) is 44.7 Å². The van der Waals surface area contributed by atoms with Crippen LogP contribution in [-0.2, 0) is 19.1 Å². The van der Waals surface area contributed by atoms with Crippen LogP contribution in [0.5, 0.6) is 5.75 Å². The summed E-state index contributed by atoms with van der Waals surface area (Å²) in [6.07, 6.45) is 11.8. The molecule has 4 amide bonds. The maximum absolute atomic E-state index is 13.9. The van der Waals surface area contributed by atoms with Crippen molar-refractivity contribution in [2.75, 3.05) is 27.3 Å². The molecule has 0 radical (unpaired) electrons. The Morgan fingerprint density at radius 2 is 1.31 bits per heavy atom. The molecule has 1 aliphatic carbocycles. The Hall–Kier alpha value is -6.69. The van der Waals surface area contributed by atoms with Crippen LogP contribution in [0, 0.1) is 18.8 Å². The first-order chi connectivity index (χ1) is 33.8. The number of aromatic nitrogens is 6. The van der Waals surface area contributed by atoms with Gasteiger partial charge >= 0.3 is 12.2 Å². The minimum atomic E-state index is -0.723. The molecule has 0 bridgehead atoms. The Morgan fingerprint density at radius 1 is 0.729 bits per heavy atom. The largest absolute Gasteiger partial charge is 0.464 e. The van der Waals surface area contributed by atoms with E-state index in [2.05, 4.69) is 68.5 Å². The molecule has 2 saturated heterocycles. The number of aromatic amines is 2. The summed E-state index contributed by atoms with van der Waals surface area (Å²) in [7, 11) is 2.59. The number of carbonyl (C=O) groups is 4. The van der Waals surface area contributed by atoms with Crippen LogP contribution in [0.3, 0.4) is 0 Å². The molecule has 4 aliphatic rings. The van der Waals surface area contributed by atoms with E-state index < -0.39 is 30.5 Å². The van der Waals surface area contributed by atoms with Crippen LogP contribution in [0.4, 0.5) is 9.59 Å². The monoisotopic (exact) mass is 970 g/mol. The molecule has 18 heteroatoms. The number of ether oxygens (including phenoxy) is 3. The van der Waals surface area contributed by atoms with Gasteiger partial charge in [-0.15, -0.1) is 11.3 Å². The van der Waals surface area contributed by atoms with Crippen molar-refractivity contribution in [3.05, 3.63) is 82.1 Å². The third-order valence-corrected chi connectivity index (χ3v) is 15.8. The normalized spacial score (nSPS) is 19.9. The predicted octanol–water partition coefficient (Wildman–Crippen LogP) is 9.54. The molecule has 2 aromatic carbocycles. The van der Waals surface area contributed by atoms with E-state index in [9.17, 15) is 19.2 Å². The van der Waals surface area contributed by atoms with Crippen molar-refractivity contribution in [3.63, 3.8) is 0 Å². The number of rotatable bonds is 12. The van der Waals surface area contributed by atoms with Gasteiger partial charge in [-0.3, -0.25) is 14.2 Å². The second-order valence-corrected chi connectivity index (χ2v) is 20.9. The van der Waals surface area contributed by atoms with Gasteiger partial charge in [0.1, 0.15) is 29.5 Å². The molecule has 3 fully saturated rings. The van der Waals surface area contributed by atoms with Gasteiger partial charge in [0, 0.05) is 47.3 Å². The molecule has 4 aromatic heterocycles. The molecule has 3 aliphatic heterocycles. The van der Waals surface area contributed by atoms with Crippen LogP contribution in [0.1, 0.15) is 130 Å². The number of nitrogens with one attached hydrogen (secondary N) is 4. The number of aryl methyl sites for hydroxylation is 1. The van der Waals surface area contributed by atoms with E-state index in [0.717, 1.165) is 104 Å². The van der Waals surface area contributed by atoms with E-state index in [0.29, 0.717) is 30.7 Å². The number of hydrogen-bond acceptors (Lipinski definition) is 11. The van der Waals surface area contributed by atoms with E-state index in [1.165, 1.54) is 27.1 Å². The number of H-pyrrole nitrogens is 2. The van der Waals surface area contributed by atoms with Gasteiger partial charge in [0.25, 0.3) is 0 Å². The van der Waals surface area contributed by atoms with Crippen LogP contribution >= 0.6 is 11.3 Å². The second-order valence-electron chi connectivity index (χ2n) is 19.9. The highest BCUT2D eigenvalue weighted by molar-refractivity contribution is 7.11. The molecule has 368 valence electrons. The van der Waals surface area contributed by atoms with Crippen molar-refractivity contribution < 1.29 is 33.4 Å². The quantitative estimate of drug-likeness (QED) is 0.0915. The molecule has 1 saturated carbocycles. The standard InChI is InChI=1S/C52H62N10O7S/c1-27(2)43(58-51(65)67-6)48(63)60-18-10-14-37(60)45-53-24-34(56-45)31-16-17-36-33(21-31)22-39-42-29(5)20-32(23-40(42)69-50(62(36)39)41-26-55-47(70-41)30-12-8-9-13-30)35-25-54-46(57-35)38-15-11-19-61(38)49(64)44(28(3)4)59-52(66)68-7/h16-17,20-28,30,37-38,43-44,50H,8-15,18-19H2,1-7H3,(H,53,56)(H,54,57)(H,58,65)(H,59,66)/t37-,38-,43-,44-,50?/m0/s1. The number of carbonyl (C=O) groups excluding carboxylic acids is 4. The summed E-state index contributed by atoms with van der Waals surface area (Å²) in [6.45, 7) is 10.9. The van der Waals surface area contributed by atoms with Gasteiger partial charge in [-0.05, 0) is 93.2 Å². The lowest BCUT2D eigenvalue weighted by molar-refractivity contribution is -0.136. The van der Waals surface area contributed by atoms with Crippen molar-refractivity contribution in [2.24, 2.45) is 11.8 Å². The summed E-state index contributed by atoms with van der Waals surface area (Å²) in [5, 5.41) is 7.67. The first-order valence-corrected chi connectivity index (χ1v) is 25.5. The zero-order valence-electron chi connectivity index (χ0n) is 40.8. The van der Waals surface area contributed by atoms with Gasteiger partial charge in [-0.2, -0.15) is 0 Å². The third kappa shape index (κ3) is 8.68. The summed E-state index contributed by atoms with van der Waals surface area (Å²) in [5.41, 5.74) is 7.62. The molecular weight excluding hydrogens is 909 g/mol. The van der Waals surface area contributed by atoms with E-state index >= 15 is 0 Å². The maximum atomic E-state index is 13.9. The Morgan fingerprint density at radius 3 is 1.89 bits per heavy atom. The topological polar surface area (TPSA) is 202 Å². The van der Waals surface area contributed by atoms with Gasteiger partial charge in [0.2, 0.25) is 18.0 Å². The minimum absolute atomic E-state index is 0.130. The zero-order valence-corrected chi connectivity index (χ0v) is 41.7. The van der Waals surface area contributed by atoms with E-state index in [1.807, 2.05) is 56.1 Å². The van der Waals surface area contributed by atoms with E-state index in [1.54, 1.807) is 11.3 Å². The summed E-state index contributed by atoms with van der Waals surface area (Å²) in [5.74, 6) is 2.06. The highest BCUT2D eigenvalue weighted by Crippen LogP contribution is 2.49. The second kappa shape index (κ2) is 19.2. The fourth-order valence-corrected chi connectivity index (χ4v) is 12.1. The van der Waals surface area contributed by atoms with Crippen molar-refractivity contribution >= 4 is 46.2 Å². The van der Waals surface area contributed by atoms with Crippen molar-refractivity contribution in [3.8, 4) is 39.5 Å². The van der Waals surface area contributed by atoms with Crippen LogP contribution in [0.2, 0.25) is 0 Å². The number of alkyl carbamates (subject to hydrolysis) is 2. The Balaban J connectivity index is 0.973. The van der Waals surface area contributed by atoms with Crippen LogP contribution < -0.4 is 15.4 Å². The number of nitrogens with zero attached hydrogens (tertiary/aromatic N) is 6. The minimum Gasteiger partial charge on any atom is -0.464 e. The number of benzene rings is 2. The van der Waals surface area contributed by atoms with Crippen molar-refractivity contribution in [1.82, 2.24) is 49.9 Å². The lowest BCUT2D eigenvalue weighted by Gasteiger charge is -2.30. The summed E-state index contributed by atoms with van der Waals surface area (Å²) in [6, 6.07) is 11.0. The smallest absolute Gasteiger partial charge is 0.407 e. The average Bonchev–Trinajstić information content (AvgIpc) is 4.20. The lowest BCUT2D eigenvalue weighted by atomic mass is 9.98. The average molecular weight is 971 g/mol. The van der Waals surface area contributed by atoms with Crippen molar-refractivity contribution in [1.29, 1.82) is 0 Å². The van der Waals surface area contributed by atoms with Gasteiger partial charge < -0.3 is 44.6 Å². The first kappa shape index (κ1) is 47.0. The molecule has 10 rings (SSSR count). The number of thiazole rings is 1. The SMILES string of the molecule is COC(=O)N[C@H](C(=O)N1CCC[C@H]1c1ncc(-c2cc(C)c3c(c2)OC(c2cnc(C4CCCC4)s2)n2c-3cc3cc(-c4cnc([C@@H]5CCCN5C(=O)[C@@H](NC(=O)OC)C(C)C)[nH]4)ccc32)[nH]1)C(C)C. The third-order valence-electron chi connectivity index (χ3n) is 14.7. The molecule has 4 N–H and O–H groups in total. The molecule has 5 atom stereocenters. The molecular formula is C52H62N10O7S. The number of amides is 4. The zero-order chi connectivity index (χ0) is 49.0. The van der Waals surface area contributed by atoms with Gasteiger partial charge in [0.15, 0.2) is 0 Å². The van der Waals surface area contributed by atoms with Gasteiger partial charge in [0.05, 0.1) is 71.2 Å². The fraction of sp³-hybridized carbons (Fsp3) is 0.481. The summed E-state index contributed by atoms with van der Waals surface area (Å²) < 4.78 is 19.1.